The van der Waals surface area contributed by atoms with Gasteiger partial charge < -0.3 is 9.52 Å². The number of hydrogen-bond acceptors (Lipinski definition) is 2. The summed E-state index contributed by atoms with van der Waals surface area (Å²) in [5, 5.41) is 9.70. The van der Waals surface area contributed by atoms with E-state index in [-0.39, 0.29) is 12.0 Å². The summed E-state index contributed by atoms with van der Waals surface area (Å²) >= 11 is 0. The van der Waals surface area contributed by atoms with E-state index in [4.69, 9.17) is 4.42 Å². The molecule has 1 atom stereocenters. The highest BCUT2D eigenvalue weighted by Crippen LogP contribution is 2.23. The molecule has 1 heterocycles. The van der Waals surface area contributed by atoms with Crippen molar-refractivity contribution in [2.45, 2.75) is 12.5 Å². The Labute approximate surface area is 95.3 Å². The molecule has 0 aliphatic rings. The van der Waals surface area contributed by atoms with Gasteiger partial charge in [0.2, 0.25) is 0 Å². The van der Waals surface area contributed by atoms with Crippen molar-refractivity contribution >= 4 is 0 Å². The molecule has 0 aliphatic heterocycles. The van der Waals surface area contributed by atoms with Crippen LogP contribution in [-0.4, -0.2) is 5.11 Å². The number of aliphatic hydroxyl groups is 1. The predicted octanol–water partition coefficient (Wildman–Crippen LogP) is 2.97. The standard InChI is InChI=1S/C12H9F3O2/c13-9-6-11(15)10(14)5-8(9)12(16)4-7-2-1-3-17-7/h1-3,5-6,12,16H,4H2. The number of benzene rings is 1. The van der Waals surface area contributed by atoms with Gasteiger partial charge in [-0.2, -0.15) is 0 Å². The van der Waals surface area contributed by atoms with Crippen LogP contribution in [-0.2, 0) is 6.42 Å². The molecule has 2 rings (SSSR count). The second-order valence-corrected chi connectivity index (χ2v) is 3.59. The van der Waals surface area contributed by atoms with Crippen molar-refractivity contribution in [3.63, 3.8) is 0 Å². The molecular weight excluding hydrogens is 233 g/mol. The Kier molecular flexibility index (Phi) is 3.19. The van der Waals surface area contributed by atoms with Gasteiger partial charge in [-0.15, -0.1) is 0 Å². The van der Waals surface area contributed by atoms with Crippen LogP contribution in [0.1, 0.15) is 17.4 Å². The topological polar surface area (TPSA) is 33.4 Å². The van der Waals surface area contributed by atoms with E-state index >= 15 is 0 Å². The van der Waals surface area contributed by atoms with Gasteiger partial charge in [0.1, 0.15) is 11.6 Å². The molecule has 17 heavy (non-hydrogen) atoms. The highest BCUT2D eigenvalue weighted by molar-refractivity contribution is 5.23. The van der Waals surface area contributed by atoms with E-state index in [0.717, 1.165) is 0 Å². The Bertz CT molecular complexity index is 509. The molecule has 1 N–H and O–H groups in total. The van der Waals surface area contributed by atoms with Crippen LogP contribution in [0.25, 0.3) is 0 Å². The minimum Gasteiger partial charge on any atom is -0.469 e. The molecule has 1 aromatic carbocycles. The summed E-state index contributed by atoms with van der Waals surface area (Å²) in [4.78, 5) is 0. The summed E-state index contributed by atoms with van der Waals surface area (Å²) in [6.45, 7) is 0. The molecule has 0 saturated heterocycles. The predicted molar refractivity (Wildman–Crippen MR) is 53.7 cm³/mol. The molecule has 2 nitrogen and oxygen atoms in total. The molecule has 1 aromatic heterocycles. The summed E-state index contributed by atoms with van der Waals surface area (Å²) in [6, 6.07) is 4.28. The molecule has 90 valence electrons. The summed E-state index contributed by atoms with van der Waals surface area (Å²) in [5.41, 5.74) is -0.291. The van der Waals surface area contributed by atoms with Crippen LogP contribution in [0, 0.1) is 17.5 Å². The van der Waals surface area contributed by atoms with Crippen LogP contribution >= 0.6 is 0 Å². The van der Waals surface area contributed by atoms with Crippen LogP contribution < -0.4 is 0 Å². The number of halogens is 3. The molecule has 0 saturated carbocycles. The maximum Gasteiger partial charge on any atom is 0.161 e. The second-order valence-electron chi connectivity index (χ2n) is 3.59. The summed E-state index contributed by atoms with van der Waals surface area (Å²) < 4.78 is 43.9. The third-order valence-corrected chi connectivity index (χ3v) is 2.37. The van der Waals surface area contributed by atoms with Crippen molar-refractivity contribution in [3.05, 3.63) is 59.3 Å². The van der Waals surface area contributed by atoms with Gasteiger partial charge in [-0.05, 0) is 18.2 Å². The Morgan fingerprint density at radius 2 is 1.82 bits per heavy atom. The maximum absolute atomic E-state index is 13.3. The molecule has 0 radical (unpaired) electrons. The van der Waals surface area contributed by atoms with E-state index in [0.29, 0.717) is 17.9 Å². The lowest BCUT2D eigenvalue weighted by Gasteiger charge is -2.10. The minimum absolute atomic E-state index is 0.00497. The van der Waals surface area contributed by atoms with Gasteiger partial charge in [0, 0.05) is 18.1 Å². The van der Waals surface area contributed by atoms with Crippen LogP contribution in [0.4, 0.5) is 13.2 Å². The summed E-state index contributed by atoms with van der Waals surface area (Å²) in [6.07, 6.45) is 0.120. The van der Waals surface area contributed by atoms with E-state index in [1.54, 1.807) is 12.1 Å². The molecule has 0 spiro atoms. The fourth-order valence-corrected chi connectivity index (χ4v) is 1.52. The molecule has 5 heteroatoms. The molecular formula is C12H9F3O2. The molecule has 0 fully saturated rings. The Morgan fingerprint density at radius 1 is 1.12 bits per heavy atom. The van der Waals surface area contributed by atoms with Crippen molar-refractivity contribution in [1.29, 1.82) is 0 Å². The van der Waals surface area contributed by atoms with Crippen LogP contribution in [0.2, 0.25) is 0 Å². The Morgan fingerprint density at radius 3 is 2.47 bits per heavy atom. The lowest BCUT2D eigenvalue weighted by molar-refractivity contribution is 0.165. The van der Waals surface area contributed by atoms with Gasteiger partial charge >= 0.3 is 0 Å². The van der Waals surface area contributed by atoms with Crippen molar-refractivity contribution in [2.75, 3.05) is 0 Å². The number of aliphatic hydroxyl groups excluding tert-OH is 1. The molecule has 1 unspecified atom stereocenters. The van der Waals surface area contributed by atoms with E-state index in [2.05, 4.69) is 0 Å². The zero-order chi connectivity index (χ0) is 12.4. The van der Waals surface area contributed by atoms with Crippen molar-refractivity contribution in [1.82, 2.24) is 0 Å². The van der Waals surface area contributed by atoms with Crippen molar-refractivity contribution in [3.8, 4) is 0 Å². The average Bonchev–Trinajstić information content (AvgIpc) is 2.76. The average molecular weight is 242 g/mol. The Balaban J connectivity index is 2.24. The fraction of sp³-hybridized carbons (Fsp3) is 0.167. The minimum atomic E-state index is -1.28. The SMILES string of the molecule is OC(Cc1ccco1)c1cc(F)c(F)cc1F. The highest BCUT2D eigenvalue weighted by atomic mass is 19.2. The van der Waals surface area contributed by atoms with Gasteiger partial charge in [-0.3, -0.25) is 0 Å². The number of rotatable bonds is 3. The first-order valence-corrected chi connectivity index (χ1v) is 4.93. The summed E-state index contributed by atoms with van der Waals surface area (Å²) in [7, 11) is 0. The third kappa shape index (κ3) is 2.50. The number of hydrogen-bond donors (Lipinski definition) is 1. The maximum atomic E-state index is 13.3. The molecule has 0 bridgehead atoms. The van der Waals surface area contributed by atoms with Gasteiger partial charge in [-0.1, -0.05) is 0 Å². The van der Waals surface area contributed by atoms with E-state index in [1.807, 2.05) is 0 Å². The molecule has 2 aromatic rings. The smallest absolute Gasteiger partial charge is 0.161 e. The van der Waals surface area contributed by atoms with Crippen molar-refractivity contribution in [2.24, 2.45) is 0 Å². The fourth-order valence-electron chi connectivity index (χ4n) is 1.52. The van der Waals surface area contributed by atoms with E-state index < -0.39 is 23.6 Å². The van der Waals surface area contributed by atoms with Crippen LogP contribution in [0.15, 0.2) is 34.9 Å². The first-order chi connectivity index (χ1) is 8.08. The van der Waals surface area contributed by atoms with E-state index in [1.165, 1.54) is 6.26 Å². The van der Waals surface area contributed by atoms with Gasteiger partial charge in [0.15, 0.2) is 11.6 Å². The van der Waals surface area contributed by atoms with Crippen LogP contribution in [0.5, 0.6) is 0 Å². The first kappa shape index (κ1) is 11.7. The molecule has 0 aliphatic carbocycles. The third-order valence-electron chi connectivity index (χ3n) is 2.37. The quantitative estimate of drug-likeness (QED) is 0.839. The first-order valence-electron chi connectivity index (χ1n) is 4.93. The zero-order valence-electron chi connectivity index (χ0n) is 8.66. The van der Waals surface area contributed by atoms with Gasteiger partial charge in [0.25, 0.3) is 0 Å². The lowest BCUT2D eigenvalue weighted by atomic mass is 10.0. The normalized spacial score (nSPS) is 12.7. The largest absolute Gasteiger partial charge is 0.469 e. The van der Waals surface area contributed by atoms with Crippen LogP contribution in [0.3, 0.4) is 0 Å². The van der Waals surface area contributed by atoms with E-state index in [9.17, 15) is 18.3 Å². The van der Waals surface area contributed by atoms with Gasteiger partial charge in [-0.25, -0.2) is 13.2 Å². The monoisotopic (exact) mass is 242 g/mol. The summed E-state index contributed by atoms with van der Waals surface area (Å²) in [5.74, 6) is -3.03. The highest BCUT2D eigenvalue weighted by Gasteiger charge is 2.18. The number of furan rings is 1. The van der Waals surface area contributed by atoms with Gasteiger partial charge in [0.05, 0.1) is 12.4 Å². The molecule has 0 amide bonds. The lowest BCUT2D eigenvalue weighted by Crippen LogP contribution is -2.05. The zero-order valence-corrected chi connectivity index (χ0v) is 8.66. The van der Waals surface area contributed by atoms with Crippen molar-refractivity contribution < 1.29 is 22.7 Å². The Hall–Kier alpha value is -1.75. The second kappa shape index (κ2) is 4.63.